The molecule has 1 aromatic carbocycles. The Morgan fingerprint density at radius 2 is 1.87 bits per heavy atom. The summed E-state index contributed by atoms with van der Waals surface area (Å²) in [4.78, 5) is 23.1. The summed E-state index contributed by atoms with van der Waals surface area (Å²) >= 11 is 0. The zero-order valence-corrected chi connectivity index (χ0v) is 15.6. The molecule has 2 heterocycles. The van der Waals surface area contributed by atoms with Crippen molar-refractivity contribution in [1.82, 2.24) is 15.0 Å². The fraction of sp³-hybridized carbons (Fsp3) is 0.158. The lowest BCUT2D eigenvalue weighted by Gasteiger charge is -2.15. The van der Waals surface area contributed by atoms with Gasteiger partial charge in [0.15, 0.2) is 0 Å². The van der Waals surface area contributed by atoms with E-state index in [4.69, 9.17) is 9.84 Å². The Labute approximate surface area is 168 Å². The smallest absolute Gasteiger partial charge is 0.420 e. The highest BCUT2D eigenvalue weighted by Gasteiger charge is 2.34. The van der Waals surface area contributed by atoms with Crippen molar-refractivity contribution in [1.29, 1.82) is 0 Å². The molecule has 11 heteroatoms. The maximum Gasteiger partial charge on any atom is 0.420 e. The summed E-state index contributed by atoms with van der Waals surface area (Å²) in [5.41, 5.74) is 0.265. The first-order chi connectivity index (χ1) is 14.3. The van der Waals surface area contributed by atoms with Crippen LogP contribution in [0.4, 0.5) is 30.6 Å². The number of ether oxygens (including phenoxy) is 1. The summed E-state index contributed by atoms with van der Waals surface area (Å²) in [6.07, 6.45) is -1.51. The predicted molar refractivity (Wildman–Crippen MR) is 103 cm³/mol. The molecule has 3 N–H and O–H groups in total. The van der Waals surface area contributed by atoms with Crippen molar-refractivity contribution in [3.63, 3.8) is 0 Å². The van der Waals surface area contributed by atoms with Crippen LogP contribution in [0.5, 0.6) is 5.75 Å². The number of anilines is 3. The number of rotatable bonds is 7. The van der Waals surface area contributed by atoms with E-state index in [1.807, 2.05) is 0 Å². The number of benzene rings is 1. The minimum atomic E-state index is -4.61. The highest BCUT2D eigenvalue weighted by molar-refractivity contribution is 5.73. The van der Waals surface area contributed by atoms with E-state index in [2.05, 4.69) is 25.6 Å². The molecule has 0 radical (unpaired) electrons. The Hall–Kier alpha value is -3.89. The van der Waals surface area contributed by atoms with Crippen LogP contribution in [-0.4, -0.2) is 39.7 Å². The van der Waals surface area contributed by atoms with Crippen LogP contribution in [0.25, 0.3) is 11.3 Å². The molecule has 0 atom stereocenters. The van der Waals surface area contributed by atoms with E-state index >= 15 is 0 Å². The van der Waals surface area contributed by atoms with Crippen molar-refractivity contribution in [2.24, 2.45) is 0 Å². The number of methoxy groups -OCH3 is 1. The van der Waals surface area contributed by atoms with Gasteiger partial charge in [-0.1, -0.05) is 0 Å². The van der Waals surface area contributed by atoms with Gasteiger partial charge in [-0.25, -0.2) is 4.98 Å². The Morgan fingerprint density at radius 1 is 1.13 bits per heavy atom. The monoisotopic (exact) mass is 419 g/mol. The number of pyridine rings is 1. The predicted octanol–water partition coefficient (Wildman–Crippen LogP) is 3.81. The number of aromatic nitrogens is 3. The standard InChI is InChI=1S/C19H16F3N5O3/c1-30-15-3-2-12(8-13(15)19(20,21)22)25-16-9-14(11-4-6-23-7-5-11)26-18(27-16)24-10-17(28)29/h2-9H,10H2,1H3,(H,28,29)(H2,24,25,26,27). The molecule has 30 heavy (non-hydrogen) atoms. The van der Waals surface area contributed by atoms with Crippen LogP contribution in [0.2, 0.25) is 0 Å². The zero-order chi connectivity index (χ0) is 21.7. The molecular weight excluding hydrogens is 403 g/mol. The Balaban J connectivity index is 1.98. The van der Waals surface area contributed by atoms with Gasteiger partial charge in [0.2, 0.25) is 5.95 Å². The zero-order valence-electron chi connectivity index (χ0n) is 15.6. The van der Waals surface area contributed by atoms with Gasteiger partial charge in [-0.3, -0.25) is 9.78 Å². The first-order valence-corrected chi connectivity index (χ1v) is 8.53. The van der Waals surface area contributed by atoms with Crippen molar-refractivity contribution < 1.29 is 27.8 Å². The van der Waals surface area contributed by atoms with E-state index in [0.29, 0.717) is 11.3 Å². The number of nitrogens with zero attached hydrogens (tertiary/aromatic N) is 3. The molecule has 3 aromatic rings. The van der Waals surface area contributed by atoms with Crippen LogP contribution in [0.3, 0.4) is 0 Å². The first-order valence-electron chi connectivity index (χ1n) is 8.53. The Kier molecular flexibility index (Phi) is 6.00. The number of carboxylic acids is 1. The van der Waals surface area contributed by atoms with Gasteiger partial charge in [-0.05, 0) is 30.3 Å². The van der Waals surface area contributed by atoms with Crippen molar-refractivity contribution in [2.75, 3.05) is 24.3 Å². The summed E-state index contributed by atoms with van der Waals surface area (Å²) in [6.45, 7) is -0.431. The summed E-state index contributed by atoms with van der Waals surface area (Å²) in [5, 5.41) is 14.2. The molecule has 0 saturated heterocycles. The number of alkyl halides is 3. The minimum Gasteiger partial charge on any atom is -0.496 e. The highest BCUT2D eigenvalue weighted by atomic mass is 19.4. The van der Waals surface area contributed by atoms with Crippen LogP contribution >= 0.6 is 0 Å². The Bertz CT molecular complexity index is 1050. The molecule has 156 valence electrons. The average Bonchev–Trinajstić information content (AvgIpc) is 2.72. The van der Waals surface area contributed by atoms with E-state index in [9.17, 15) is 18.0 Å². The molecule has 0 aliphatic heterocycles. The maximum absolute atomic E-state index is 13.3. The molecule has 0 aliphatic carbocycles. The molecule has 0 fully saturated rings. The molecule has 2 aromatic heterocycles. The van der Waals surface area contributed by atoms with E-state index in [-0.39, 0.29) is 23.2 Å². The molecule has 0 unspecified atom stereocenters. The van der Waals surface area contributed by atoms with Crippen molar-refractivity contribution in [2.45, 2.75) is 6.18 Å². The van der Waals surface area contributed by atoms with Crippen molar-refractivity contribution in [3.05, 3.63) is 54.4 Å². The number of halogens is 3. The average molecular weight is 419 g/mol. The topological polar surface area (TPSA) is 109 Å². The second-order valence-electron chi connectivity index (χ2n) is 5.98. The number of nitrogens with one attached hydrogen (secondary N) is 2. The lowest BCUT2D eigenvalue weighted by atomic mass is 10.1. The molecule has 0 bridgehead atoms. The minimum absolute atomic E-state index is 0.00114. The first kappa shape index (κ1) is 20.8. The van der Waals surface area contributed by atoms with Gasteiger partial charge in [0.25, 0.3) is 0 Å². The third kappa shape index (κ3) is 5.13. The number of carbonyl (C=O) groups is 1. The molecule has 0 spiro atoms. The summed E-state index contributed by atoms with van der Waals surface area (Å²) in [6, 6.07) is 8.40. The third-order valence-corrected chi connectivity index (χ3v) is 3.88. The van der Waals surface area contributed by atoms with Gasteiger partial charge in [0.05, 0.1) is 18.4 Å². The number of carboxylic acid groups (broad SMARTS) is 1. The lowest BCUT2D eigenvalue weighted by Crippen LogP contribution is -2.15. The van der Waals surface area contributed by atoms with Crippen LogP contribution in [0.15, 0.2) is 48.8 Å². The van der Waals surface area contributed by atoms with Gasteiger partial charge in [0, 0.05) is 29.7 Å². The van der Waals surface area contributed by atoms with Crippen molar-refractivity contribution in [3.8, 4) is 17.0 Å². The third-order valence-electron chi connectivity index (χ3n) is 3.88. The van der Waals surface area contributed by atoms with E-state index in [1.165, 1.54) is 18.2 Å². The molecule has 0 aliphatic rings. The number of hydrogen-bond donors (Lipinski definition) is 3. The van der Waals surface area contributed by atoms with Crippen molar-refractivity contribution >= 4 is 23.4 Å². The molecule has 0 amide bonds. The molecule has 8 nitrogen and oxygen atoms in total. The largest absolute Gasteiger partial charge is 0.496 e. The summed E-state index contributed by atoms with van der Waals surface area (Å²) in [7, 11) is 1.16. The number of hydrogen-bond acceptors (Lipinski definition) is 7. The van der Waals surface area contributed by atoms with Gasteiger partial charge in [0.1, 0.15) is 18.1 Å². The Morgan fingerprint density at radius 3 is 2.50 bits per heavy atom. The fourth-order valence-corrected chi connectivity index (χ4v) is 2.57. The maximum atomic E-state index is 13.3. The van der Waals surface area contributed by atoms with Crippen LogP contribution in [0, 0.1) is 0 Å². The normalized spacial score (nSPS) is 11.1. The molecule has 0 saturated carbocycles. The molecule has 3 rings (SSSR count). The summed E-state index contributed by atoms with van der Waals surface area (Å²) in [5.74, 6) is -1.26. The number of aliphatic carboxylic acids is 1. The SMILES string of the molecule is COc1ccc(Nc2cc(-c3ccncc3)nc(NCC(=O)O)n2)cc1C(F)(F)F. The second kappa shape index (κ2) is 8.64. The van der Waals surface area contributed by atoms with E-state index < -0.39 is 24.3 Å². The van der Waals surface area contributed by atoms with E-state index in [0.717, 1.165) is 13.2 Å². The van der Waals surface area contributed by atoms with E-state index in [1.54, 1.807) is 24.5 Å². The van der Waals surface area contributed by atoms with Crippen LogP contribution in [-0.2, 0) is 11.0 Å². The van der Waals surface area contributed by atoms with Crippen LogP contribution in [0.1, 0.15) is 5.56 Å². The van der Waals surface area contributed by atoms with Gasteiger partial charge < -0.3 is 20.5 Å². The highest BCUT2D eigenvalue weighted by Crippen LogP contribution is 2.38. The molecular formula is C19H16F3N5O3. The van der Waals surface area contributed by atoms with Crippen LogP contribution < -0.4 is 15.4 Å². The van der Waals surface area contributed by atoms with Gasteiger partial charge in [-0.2, -0.15) is 18.2 Å². The second-order valence-corrected chi connectivity index (χ2v) is 5.98. The summed E-state index contributed by atoms with van der Waals surface area (Å²) < 4.78 is 44.6. The fourth-order valence-electron chi connectivity index (χ4n) is 2.57. The lowest BCUT2D eigenvalue weighted by molar-refractivity contribution is -0.138. The van der Waals surface area contributed by atoms with Gasteiger partial charge in [-0.15, -0.1) is 0 Å². The van der Waals surface area contributed by atoms with Gasteiger partial charge >= 0.3 is 12.1 Å². The quantitative estimate of drug-likeness (QED) is 0.531.